The number of ketones is 1. The molecule has 0 atom stereocenters. The van der Waals surface area contributed by atoms with E-state index in [0.29, 0.717) is 0 Å². The molecule has 0 amide bonds. The van der Waals surface area contributed by atoms with Gasteiger partial charge in [0, 0.05) is 54.9 Å². The molecule has 1 N–H and O–H groups in total. The molecule has 1 fully saturated rings. The van der Waals surface area contributed by atoms with Crippen molar-refractivity contribution in [2.45, 2.75) is 20.4 Å². The van der Waals surface area contributed by atoms with Crippen molar-refractivity contribution in [1.82, 2.24) is 19.6 Å². The quantitative estimate of drug-likeness (QED) is 0.391. The van der Waals surface area contributed by atoms with Crippen molar-refractivity contribution in [3.05, 3.63) is 47.5 Å². The van der Waals surface area contributed by atoms with Crippen LogP contribution in [0.4, 0.5) is 5.69 Å². The van der Waals surface area contributed by atoms with E-state index in [-0.39, 0.29) is 18.2 Å². The number of hydrogen-bond donors (Lipinski definition) is 1. The van der Waals surface area contributed by atoms with Crippen LogP contribution in [0, 0.1) is 0 Å². The van der Waals surface area contributed by atoms with Crippen LogP contribution < -0.4 is 5.32 Å². The van der Waals surface area contributed by atoms with E-state index in [0.717, 1.165) is 105 Å². The number of anilines is 1. The fourth-order valence-corrected chi connectivity index (χ4v) is 4.98. The van der Waals surface area contributed by atoms with Gasteiger partial charge in [-0.1, -0.05) is 38.1 Å². The number of carbonyl (C=O) groups is 1. The van der Waals surface area contributed by atoms with Crippen LogP contribution in [0.3, 0.4) is 0 Å². The van der Waals surface area contributed by atoms with E-state index in [1.165, 1.54) is 0 Å². The average molecular weight is 484 g/mol. The summed E-state index contributed by atoms with van der Waals surface area (Å²) in [7, 11) is 0. The van der Waals surface area contributed by atoms with Crippen LogP contribution in [0.25, 0.3) is 22.2 Å². The maximum atomic E-state index is 13.6. The molecule has 0 unspecified atom stereocenters. The van der Waals surface area contributed by atoms with E-state index < -0.39 is 0 Å². The third-order valence-electron chi connectivity index (χ3n) is 6.94. The van der Waals surface area contributed by atoms with Gasteiger partial charge in [-0.25, -0.2) is 0 Å². The molecule has 0 saturated carbocycles. The molecule has 34 heavy (non-hydrogen) atoms. The second kappa shape index (κ2) is 10.9. The number of aromatic nitrogens is 2. The van der Waals surface area contributed by atoms with Gasteiger partial charge in [0.05, 0.1) is 30.8 Å². The SMILES string of the molecule is CCN(CC)CCn1nc2c3c(c(NCCN4CCOCC4)ccc31)C(=O)c1ccccc1-2.Cl. The zero-order valence-electron chi connectivity index (χ0n) is 20.0. The lowest BCUT2D eigenvalue weighted by molar-refractivity contribution is 0.0398. The van der Waals surface area contributed by atoms with Crippen molar-refractivity contribution in [2.24, 2.45) is 0 Å². The number of carbonyl (C=O) groups excluding carboxylic acids is 1. The highest BCUT2D eigenvalue weighted by Gasteiger charge is 2.31. The van der Waals surface area contributed by atoms with Gasteiger partial charge in [-0.2, -0.15) is 5.10 Å². The molecule has 0 spiro atoms. The summed E-state index contributed by atoms with van der Waals surface area (Å²) in [6.45, 7) is 13.4. The number of benzene rings is 2. The zero-order chi connectivity index (χ0) is 22.8. The maximum Gasteiger partial charge on any atom is 0.196 e. The second-order valence-electron chi connectivity index (χ2n) is 8.74. The Bertz CT molecular complexity index is 1150. The topological polar surface area (TPSA) is 62.6 Å². The molecule has 3 aromatic rings. The van der Waals surface area contributed by atoms with E-state index in [1.54, 1.807) is 0 Å². The summed E-state index contributed by atoms with van der Waals surface area (Å²) in [5.74, 6) is 0.0841. The number of likely N-dealkylation sites (N-methyl/N-ethyl adjacent to an activating group) is 1. The van der Waals surface area contributed by atoms with Crippen LogP contribution in [-0.2, 0) is 11.3 Å². The van der Waals surface area contributed by atoms with Gasteiger partial charge in [0.1, 0.15) is 5.69 Å². The Morgan fingerprint density at radius 2 is 1.76 bits per heavy atom. The number of fused-ring (bicyclic) bond motifs is 2. The van der Waals surface area contributed by atoms with Crippen LogP contribution in [-0.4, -0.2) is 84.4 Å². The minimum Gasteiger partial charge on any atom is -0.383 e. The van der Waals surface area contributed by atoms with Crippen LogP contribution in [0.15, 0.2) is 36.4 Å². The maximum absolute atomic E-state index is 13.6. The summed E-state index contributed by atoms with van der Waals surface area (Å²) >= 11 is 0. The van der Waals surface area contributed by atoms with E-state index in [4.69, 9.17) is 9.84 Å². The normalized spacial score (nSPS) is 15.4. The first-order valence-electron chi connectivity index (χ1n) is 12.1. The van der Waals surface area contributed by atoms with Gasteiger partial charge in [0.15, 0.2) is 5.78 Å². The Morgan fingerprint density at radius 3 is 2.50 bits per heavy atom. The van der Waals surface area contributed by atoms with Gasteiger partial charge < -0.3 is 15.0 Å². The number of morpholine rings is 1. The zero-order valence-corrected chi connectivity index (χ0v) is 20.9. The fraction of sp³-hybridized carbons (Fsp3) is 0.462. The number of nitrogens with zero attached hydrogens (tertiary/aromatic N) is 4. The third kappa shape index (κ3) is 4.58. The Kier molecular flexibility index (Phi) is 7.88. The van der Waals surface area contributed by atoms with E-state index >= 15 is 0 Å². The Balaban J connectivity index is 0.00000274. The molecule has 0 bridgehead atoms. The molecule has 2 heterocycles. The van der Waals surface area contributed by atoms with Crippen molar-refractivity contribution in [3.8, 4) is 11.3 Å². The summed E-state index contributed by atoms with van der Waals surface area (Å²) in [5.41, 5.74) is 5.30. The highest BCUT2D eigenvalue weighted by molar-refractivity contribution is 6.27. The molecule has 1 aliphatic heterocycles. The van der Waals surface area contributed by atoms with Gasteiger partial charge in [-0.05, 0) is 25.2 Å². The number of rotatable bonds is 9. The van der Waals surface area contributed by atoms with Gasteiger partial charge in [0.2, 0.25) is 0 Å². The lowest BCUT2D eigenvalue weighted by Gasteiger charge is -2.27. The fourth-order valence-electron chi connectivity index (χ4n) is 4.98. The molecule has 5 rings (SSSR count). The van der Waals surface area contributed by atoms with Crippen LogP contribution in [0.5, 0.6) is 0 Å². The molecule has 1 saturated heterocycles. The summed E-state index contributed by atoms with van der Waals surface area (Å²) in [6.07, 6.45) is 0. The highest BCUT2D eigenvalue weighted by atomic mass is 35.5. The minimum absolute atomic E-state index is 0. The number of ether oxygens (including phenoxy) is 1. The van der Waals surface area contributed by atoms with Crippen molar-refractivity contribution < 1.29 is 9.53 Å². The Morgan fingerprint density at radius 1 is 1.03 bits per heavy atom. The summed E-state index contributed by atoms with van der Waals surface area (Å²) in [6, 6.07) is 12.0. The number of halogens is 1. The van der Waals surface area contributed by atoms with Gasteiger partial charge in [-0.15, -0.1) is 12.4 Å². The largest absolute Gasteiger partial charge is 0.383 e. The van der Waals surface area contributed by atoms with Crippen LogP contribution >= 0.6 is 12.4 Å². The predicted octanol–water partition coefficient (Wildman–Crippen LogP) is 3.76. The van der Waals surface area contributed by atoms with Crippen LogP contribution in [0.1, 0.15) is 29.8 Å². The smallest absolute Gasteiger partial charge is 0.196 e. The van der Waals surface area contributed by atoms with Crippen molar-refractivity contribution in [3.63, 3.8) is 0 Å². The summed E-state index contributed by atoms with van der Waals surface area (Å²) in [4.78, 5) is 18.4. The standard InChI is InChI=1S/C26H33N5O2.ClH/c1-3-29(4-2)13-14-31-22-10-9-21(27-11-12-30-15-17-33-18-16-30)23-24(22)25(28-31)19-7-5-6-8-20(19)26(23)32;/h5-10,27H,3-4,11-18H2,1-2H3;1H. The molecular weight excluding hydrogens is 450 g/mol. The van der Waals surface area contributed by atoms with Crippen LogP contribution in [0.2, 0.25) is 0 Å². The molecule has 8 heteroatoms. The second-order valence-corrected chi connectivity index (χ2v) is 8.74. The third-order valence-corrected chi connectivity index (χ3v) is 6.94. The molecular formula is C26H34ClN5O2. The van der Waals surface area contributed by atoms with E-state index in [1.807, 2.05) is 24.3 Å². The Labute approximate surface area is 207 Å². The number of nitrogens with one attached hydrogen (secondary N) is 1. The lowest BCUT2D eigenvalue weighted by Crippen LogP contribution is -2.39. The molecule has 1 aromatic heterocycles. The summed E-state index contributed by atoms with van der Waals surface area (Å²) in [5, 5.41) is 9.56. The average Bonchev–Trinajstić information content (AvgIpc) is 3.23. The van der Waals surface area contributed by atoms with Gasteiger partial charge in [0.25, 0.3) is 0 Å². The van der Waals surface area contributed by atoms with E-state index in [9.17, 15) is 4.79 Å². The first-order valence-corrected chi connectivity index (χ1v) is 12.1. The summed E-state index contributed by atoms with van der Waals surface area (Å²) < 4.78 is 7.53. The minimum atomic E-state index is 0. The van der Waals surface area contributed by atoms with Crippen molar-refractivity contribution in [1.29, 1.82) is 0 Å². The lowest BCUT2D eigenvalue weighted by atomic mass is 9.86. The molecule has 2 aromatic carbocycles. The first kappa shape index (κ1) is 24.7. The predicted molar refractivity (Wildman–Crippen MR) is 139 cm³/mol. The van der Waals surface area contributed by atoms with Crippen molar-refractivity contribution in [2.75, 3.05) is 64.3 Å². The Hall–Kier alpha value is -2.45. The molecule has 182 valence electrons. The van der Waals surface area contributed by atoms with Gasteiger partial charge in [-0.3, -0.25) is 14.4 Å². The number of hydrogen-bond acceptors (Lipinski definition) is 6. The molecule has 0 radical (unpaired) electrons. The first-order chi connectivity index (χ1) is 16.2. The van der Waals surface area contributed by atoms with Crippen molar-refractivity contribution >= 4 is 34.8 Å². The monoisotopic (exact) mass is 483 g/mol. The molecule has 7 nitrogen and oxygen atoms in total. The molecule has 2 aliphatic rings. The highest BCUT2D eigenvalue weighted by Crippen LogP contribution is 2.41. The van der Waals surface area contributed by atoms with E-state index in [2.05, 4.69) is 45.8 Å². The molecule has 1 aliphatic carbocycles. The van der Waals surface area contributed by atoms with Gasteiger partial charge >= 0.3 is 0 Å².